The van der Waals surface area contributed by atoms with Crippen molar-refractivity contribution in [3.63, 3.8) is 0 Å². The van der Waals surface area contributed by atoms with Gasteiger partial charge in [-0.15, -0.1) is 35.3 Å². The second kappa shape index (κ2) is 10.2. The van der Waals surface area contributed by atoms with E-state index < -0.39 is 0 Å². The highest BCUT2D eigenvalue weighted by molar-refractivity contribution is 14.0. The molecule has 26 heavy (non-hydrogen) atoms. The van der Waals surface area contributed by atoms with Crippen molar-refractivity contribution in [2.45, 2.75) is 26.8 Å². The van der Waals surface area contributed by atoms with E-state index in [2.05, 4.69) is 55.4 Å². The maximum absolute atomic E-state index is 4.63. The summed E-state index contributed by atoms with van der Waals surface area (Å²) in [6.45, 7) is 6.29. The predicted octanol–water partition coefficient (Wildman–Crippen LogP) is 3.78. The van der Waals surface area contributed by atoms with Gasteiger partial charge in [0.05, 0.1) is 17.2 Å². The Kier molecular flexibility index (Phi) is 8.29. The second-order valence-electron chi connectivity index (χ2n) is 5.58. The molecule has 2 N–H and O–H groups in total. The Labute approximate surface area is 182 Å². The van der Waals surface area contributed by atoms with Crippen LogP contribution in [0.25, 0.3) is 5.65 Å². The van der Waals surface area contributed by atoms with Gasteiger partial charge >= 0.3 is 0 Å². The molecule has 3 aromatic rings. The Morgan fingerprint density at radius 3 is 2.88 bits per heavy atom. The summed E-state index contributed by atoms with van der Waals surface area (Å²) in [7, 11) is 0. The maximum atomic E-state index is 4.63. The Balaban J connectivity index is 0.00000243. The number of aryl methyl sites for hydroxylation is 1. The van der Waals surface area contributed by atoms with Gasteiger partial charge in [0.2, 0.25) is 0 Å². The van der Waals surface area contributed by atoms with Crippen LogP contribution in [0.2, 0.25) is 0 Å². The van der Waals surface area contributed by atoms with Gasteiger partial charge in [-0.2, -0.15) is 0 Å². The number of halogens is 2. The molecule has 3 rings (SSSR count). The number of imidazole rings is 1. The molecule has 3 aromatic heterocycles. The summed E-state index contributed by atoms with van der Waals surface area (Å²) >= 11 is 5.21. The minimum Gasteiger partial charge on any atom is -0.357 e. The first-order valence-corrected chi connectivity index (χ1v) is 9.81. The number of guanidine groups is 1. The van der Waals surface area contributed by atoms with Gasteiger partial charge in [-0.25, -0.2) is 15.0 Å². The van der Waals surface area contributed by atoms with E-state index >= 15 is 0 Å². The Bertz CT molecular complexity index is 875. The Hall–Kier alpha value is -1.20. The van der Waals surface area contributed by atoms with Crippen molar-refractivity contribution in [3.05, 3.63) is 50.8 Å². The number of hydrogen-bond acceptors (Lipinski definition) is 4. The van der Waals surface area contributed by atoms with Gasteiger partial charge in [0.25, 0.3) is 0 Å². The fourth-order valence-electron chi connectivity index (χ4n) is 2.40. The summed E-state index contributed by atoms with van der Waals surface area (Å²) in [5.74, 6) is 0.800. The highest BCUT2D eigenvalue weighted by atomic mass is 127. The van der Waals surface area contributed by atoms with Crippen molar-refractivity contribution < 1.29 is 0 Å². The third kappa shape index (κ3) is 5.92. The molecule has 0 fully saturated rings. The molecule has 0 amide bonds. The number of nitrogens with zero attached hydrogens (tertiary/aromatic N) is 4. The largest absolute Gasteiger partial charge is 0.357 e. The number of thiazole rings is 1. The van der Waals surface area contributed by atoms with Crippen LogP contribution in [0, 0.1) is 6.92 Å². The van der Waals surface area contributed by atoms with Crippen LogP contribution in [0.4, 0.5) is 0 Å². The number of hydrogen-bond donors (Lipinski definition) is 2. The molecule has 140 valence electrons. The van der Waals surface area contributed by atoms with Crippen LogP contribution in [0.3, 0.4) is 0 Å². The first kappa shape index (κ1) is 21.1. The Morgan fingerprint density at radius 1 is 1.31 bits per heavy atom. The molecule has 9 heteroatoms. The second-order valence-corrected chi connectivity index (χ2v) is 7.82. The van der Waals surface area contributed by atoms with E-state index in [0.717, 1.165) is 46.3 Å². The van der Waals surface area contributed by atoms with Crippen molar-refractivity contribution in [1.82, 2.24) is 25.0 Å². The van der Waals surface area contributed by atoms with Crippen LogP contribution in [-0.2, 0) is 13.0 Å². The maximum Gasteiger partial charge on any atom is 0.191 e. The highest BCUT2D eigenvalue weighted by Crippen LogP contribution is 2.13. The molecule has 0 bridgehead atoms. The van der Waals surface area contributed by atoms with E-state index in [1.807, 2.05) is 35.1 Å². The summed E-state index contributed by atoms with van der Waals surface area (Å²) in [4.78, 5) is 14.8. The van der Waals surface area contributed by atoms with Crippen LogP contribution < -0.4 is 10.6 Å². The zero-order valence-corrected chi connectivity index (χ0v) is 19.4. The molecule has 0 saturated heterocycles. The zero-order valence-electron chi connectivity index (χ0n) is 14.7. The van der Waals surface area contributed by atoms with Gasteiger partial charge in [-0.3, -0.25) is 0 Å². The molecular formula is C17H22BrIN6S. The lowest BCUT2D eigenvalue weighted by Crippen LogP contribution is -2.38. The third-order valence-electron chi connectivity index (χ3n) is 3.51. The lowest BCUT2D eigenvalue weighted by atomic mass is 10.4. The number of aromatic nitrogens is 3. The van der Waals surface area contributed by atoms with Crippen molar-refractivity contribution in [1.29, 1.82) is 0 Å². The van der Waals surface area contributed by atoms with Gasteiger partial charge in [0.1, 0.15) is 5.65 Å². The van der Waals surface area contributed by atoms with Crippen LogP contribution >= 0.6 is 51.2 Å². The third-order valence-corrected chi connectivity index (χ3v) is 4.95. The standard InChI is InChI=1S/C17H21BrN6S.HI/c1-3-19-17(20-7-6-16-21-8-12(2)25-16)22-9-14-11-24-10-13(18)4-5-15(24)23-14;/h4-5,8,10-11H,3,6-7,9H2,1-2H3,(H2,19,20,22);1H. The molecular weight excluding hydrogens is 527 g/mol. The normalized spacial score (nSPS) is 11.4. The fraction of sp³-hybridized carbons (Fsp3) is 0.353. The summed E-state index contributed by atoms with van der Waals surface area (Å²) in [6.07, 6.45) is 6.81. The summed E-state index contributed by atoms with van der Waals surface area (Å²) < 4.78 is 3.03. The molecule has 0 spiro atoms. The van der Waals surface area contributed by atoms with Gasteiger partial charge in [-0.05, 0) is 41.9 Å². The van der Waals surface area contributed by atoms with E-state index in [1.165, 1.54) is 4.88 Å². The van der Waals surface area contributed by atoms with Gasteiger partial charge < -0.3 is 15.0 Å². The first-order valence-electron chi connectivity index (χ1n) is 8.20. The summed E-state index contributed by atoms with van der Waals surface area (Å²) in [5.41, 5.74) is 1.86. The minimum absolute atomic E-state index is 0. The smallest absolute Gasteiger partial charge is 0.191 e. The summed E-state index contributed by atoms with van der Waals surface area (Å²) in [5, 5.41) is 7.77. The molecule has 0 aliphatic carbocycles. The van der Waals surface area contributed by atoms with Gasteiger partial charge in [0.15, 0.2) is 5.96 Å². The van der Waals surface area contributed by atoms with Crippen molar-refractivity contribution in [2.24, 2.45) is 4.99 Å². The molecule has 0 radical (unpaired) electrons. The van der Waals surface area contributed by atoms with E-state index in [9.17, 15) is 0 Å². The average molecular weight is 549 g/mol. The van der Waals surface area contributed by atoms with Gasteiger partial charge in [-0.1, -0.05) is 0 Å². The van der Waals surface area contributed by atoms with Crippen molar-refractivity contribution >= 4 is 62.9 Å². The van der Waals surface area contributed by atoms with Crippen molar-refractivity contribution in [3.8, 4) is 0 Å². The number of pyridine rings is 1. The SMILES string of the molecule is CCNC(=NCc1cn2cc(Br)ccc2n1)NCCc1ncc(C)s1.I. The minimum atomic E-state index is 0. The van der Waals surface area contributed by atoms with Gasteiger partial charge in [0, 0.05) is 47.5 Å². The Morgan fingerprint density at radius 2 is 2.15 bits per heavy atom. The molecule has 0 aromatic carbocycles. The lowest BCUT2D eigenvalue weighted by Gasteiger charge is -2.10. The zero-order chi connectivity index (χ0) is 17.6. The average Bonchev–Trinajstić information content (AvgIpc) is 3.18. The van der Waals surface area contributed by atoms with Crippen LogP contribution in [-0.4, -0.2) is 33.4 Å². The highest BCUT2D eigenvalue weighted by Gasteiger charge is 2.04. The molecule has 0 saturated carbocycles. The number of fused-ring (bicyclic) bond motifs is 1. The van der Waals surface area contributed by atoms with E-state index in [-0.39, 0.29) is 24.0 Å². The molecule has 0 aliphatic heterocycles. The number of rotatable bonds is 6. The first-order chi connectivity index (χ1) is 12.1. The quantitative estimate of drug-likeness (QED) is 0.279. The van der Waals surface area contributed by atoms with Crippen LogP contribution in [0.15, 0.2) is 40.2 Å². The lowest BCUT2D eigenvalue weighted by molar-refractivity contribution is 0.794. The molecule has 3 heterocycles. The summed E-state index contributed by atoms with van der Waals surface area (Å²) in [6, 6.07) is 3.97. The molecule has 0 aliphatic rings. The monoisotopic (exact) mass is 548 g/mol. The topological polar surface area (TPSA) is 66.6 Å². The molecule has 0 atom stereocenters. The van der Waals surface area contributed by atoms with E-state index in [0.29, 0.717) is 6.54 Å². The predicted molar refractivity (Wildman–Crippen MR) is 122 cm³/mol. The van der Waals surface area contributed by atoms with Crippen LogP contribution in [0.1, 0.15) is 22.5 Å². The van der Waals surface area contributed by atoms with Crippen molar-refractivity contribution in [2.75, 3.05) is 13.1 Å². The van der Waals surface area contributed by atoms with E-state index in [4.69, 9.17) is 0 Å². The van der Waals surface area contributed by atoms with Crippen LogP contribution in [0.5, 0.6) is 0 Å². The van der Waals surface area contributed by atoms with E-state index in [1.54, 1.807) is 11.3 Å². The molecule has 0 unspecified atom stereocenters. The number of nitrogens with one attached hydrogen (secondary N) is 2. The molecule has 6 nitrogen and oxygen atoms in total. The number of aliphatic imine (C=N–C) groups is 1. The fourth-order valence-corrected chi connectivity index (χ4v) is 3.54.